The van der Waals surface area contributed by atoms with Crippen LogP contribution in [0, 0.1) is 10.1 Å². The zero-order valence-corrected chi connectivity index (χ0v) is 7.31. The van der Waals surface area contributed by atoms with Crippen LogP contribution in [0.2, 0.25) is 0 Å². The number of nitrogens with zero attached hydrogens (tertiary/aromatic N) is 4. The van der Waals surface area contributed by atoms with Gasteiger partial charge in [0.15, 0.2) is 11.4 Å². The fourth-order valence-corrected chi connectivity index (χ4v) is 1.15. The molecule has 0 saturated heterocycles. The maximum absolute atomic E-state index is 10.3. The summed E-state index contributed by atoms with van der Waals surface area (Å²) in [6, 6.07) is 0. The molecule has 0 saturated carbocycles. The molecule has 0 radical (unpaired) electrons. The average molecular weight is 193 g/mol. The number of rotatable bonds is 3. The van der Waals surface area contributed by atoms with E-state index in [0.29, 0.717) is 6.54 Å². The Labute approximate surface area is 74.5 Å². The van der Waals surface area contributed by atoms with Crippen molar-refractivity contribution >= 4 is 17.9 Å². The van der Waals surface area contributed by atoms with Crippen LogP contribution in [0.15, 0.2) is 5.10 Å². The molecule has 1 atom stereocenters. The molecule has 1 rings (SSSR count). The number of alkyl halides is 1. The minimum atomic E-state index is -0.792. The molecule has 12 heavy (non-hydrogen) atoms. The Bertz CT molecular complexity index is 210. The van der Waals surface area contributed by atoms with Gasteiger partial charge in [-0.25, -0.2) is 10.1 Å². The Kier molecular flexibility index (Phi) is 2.69. The number of halogens is 1. The molecule has 1 unspecified atom stereocenters. The largest absolute Gasteiger partial charge is 0.257 e. The molecule has 0 fully saturated rings. The van der Waals surface area contributed by atoms with Gasteiger partial charge in [0.1, 0.15) is 0 Å². The summed E-state index contributed by atoms with van der Waals surface area (Å²) in [6.45, 7) is 2.57. The molecule has 0 amide bonds. The van der Waals surface area contributed by atoms with Crippen LogP contribution in [0.1, 0.15) is 13.3 Å². The second-order valence-electron chi connectivity index (χ2n) is 2.32. The monoisotopic (exact) mass is 192 g/mol. The quantitative estimate of drug-likeness (QED) is 0.285. The fourth-order valence-electron chi connectivity index (χ4n) is 0.879. The lowest BCUT2D eigenvalue weighted by Crippen LogP contribution is -2.38. The van der Waals surface area contributed by atoms with Crippen molar-refractivity contribution in [3.8, 4) is 0 Å². The summed E-state index contributed by atoms with van der Waals surface area (Å²) in [5.41, 5.74) is -0.792. The smallest absolute Gasteiger partial charge is 0.254 e. The maximum atomic E-state index is 10.3. The van der Waals surface area contributed by atoms with Gasteiger partial charge in [0.05, 0.1) is 0 Å². The van der Waals surface area contributed by atoms with E-state index in [9.17, 15) is 10.1 Å². The topological polar surface area (TPSA) is 62.0 Å². The minimum absolute atomic E-state index is 0.586. The number of hydrogen-bond acceptors (Lipinski definition) is 4. The average Bonchev–Trinajstić information content (AvgIpc) is 2.34. The summed E-state index contributed by atoms with van der Waals surface area (Å²) in [5.74, 6) is 0. The molecule has 1 aliphatic rings. The van der Waals surface area contributed by atoms with Gasteiger partial charge in [-0.15, -0.1) is 0 Å². The van der Waals surface area contributed by atoms with Crippen molar-refractivity contribution in [2.24, 2.45) is 5.10 Å². The Hall–Kier alpha value is -1.04. The van der Waals surface area contributed by atoms with Gasteiger partial charge in [0, 0.05) is 6.54 Å². The van der Waals surface area contributed by atoms with E-state index in [1.807, 2.05) is 6.92 Å². The van der Waals surface area contributed by atoms with E-state index in [2.05, 4.69) is 5.10 Å². The van der Waals surface area contributed by atoms with E-state index >= 15 is 0 Å². The van der Waals surface area contributed by atoms with E-state index in [1.54, 1.807) is 0 Å². The molecule has 1 heterocycles. The number of hydrazone groups is 1. The van der Waals surface area contributed by atoms with Crippen LogP contribution in [-0.4, -0.2) is 33.6 Å². The minimum Gasteiger partial charge on any atom is -0.254 e. The number of hydrazine groups is 1. The lowest BCUT2D eigenvalue weighted by atomic mass is 10.5. The molecule has 0 bridgehead atoms. The van der Waals surface area contributed by atoms with Gasteiger partial charge in [-0.3, -0.25) is 5.01 Å². The van der Waals surface area contributed by atoms with Crippen molar-refractivity contribution in [2.45, 2.75) is 19.0 Å². The van der Waals surface area contributed by atoms with Crippen molar-refractivity contribution in [3.05, 3.63) is 10.1 Å². The van der Waals surface area contributed by atoms with Gasteiger partial charge in [0.25, 0.3) is 5.62 Å². The van der Waals surface area contributed by atoms with Crippen molar-refractivity contribution in [2.75, 3.05) is 6.54 Å². The van der Waals surface area contributed by atoms with Crippen LogP contribution in [0.3, 0.4) is 0 Å². The predicted molar refractivity (Wildman–Crippen MR) is 44.0 cm³/mol. The summed E-state index contributed by atoms with van der Waals surface area (Å²) in [5, 5.41) is 15.7. The summed E-state index contributed by atoms with van der Waals surface area (Å²) in [6.07, 6.45) is 1.97. The van der Waals surface area contributed by atoms with E-state index in [1.165, 1.54) is 5.01 Å². The van der Waals surface area contributed by atoms with Crippen LogP contribution < -0.4 is 0 Å². The molecule has 0 aromatic heterocycles. The highest BCUT2D eigenvalue weighted by atomic mass is 35.5. The van der Waals surface area contributed by atoms with E-state index in [0.717, 1.165) is 17.8 Å². The van der Waals surface area contributed by atoms with Gasteiger partial charge < -0.3 is 0 Å². The van der Waals surface area contributed by atoms with Crippen molar-refractivity contribution in [1.82, 2.24) is 10.0 Å². The Morgan fingerprint density at radius 3 is 2.92 bits per heavy atom. The van der Waals surface area contributed by atoms with Crippen LogP contribution in [0.4, 0.5) is 0 Å². The zero-order chi connectivity index (χ0) is 9.14. The van der Waals surface area contributed by atoms with Crippen LogP contribution in [0.25, 0.3) is 0 Å². The van der Waals surface area contributed by atoms with Crippen molar-refractivity contribution in [3.63, 3.8) is 0 Å². The standard InChI is InChI=1S/C5H9ClN4O2/c1-2-3-8-5(6)9(4-7-8)10(11)12/h4-5H,2-3H2,1H3. The third-order valence-corrected chi connectivity index (χ3v) is 1.85. The predicted octanol–water partition coefficient (Wildman–Crippen LogP) is 0.671. The summed E-state index contributed by atoms with van der Waals surface area (Å²) < 4.78 is 0. The highest BCUT2D eigenvalue weighted by molar-refractivity contribution is 6.20. The lowest BCUT2D eigenvalue weighted by molar-refractivity contribution is -0.632. The number of nitro groups is 1. The second kappa shape index (κ2) is 3.57. The molecular weight excluding hydrogens is 184 g/mol. The van der Waals surface area contributed by atoms with E-state index in [4.69, 9.17) is 11.6 Å². The van der Waals surface area contributed by atoms with Gasteiger partial charge in [0.2, 0.25) is 0 Å². The Balaban J connectivity index is 2.55. The third kappa shape index (κ3) is 1.58. The van der Waals surface area contributed by atoms with Crippen molar-refractivity contribution in [1.29, 1.82) is 0 Å². The van der Waals surface area contributed by atoms with Crippen molar-refractivity contribution < 1.29 is 5.03 Å². The highest BCUT2D eigenvalue weighted by Gasteiger charge is 2.33. The molecule has 0 aromatic carbocycles. The Morgan fingerprint density at radius 2 is 2.50 bits per heavy atom. The molecule has 6 nitrogen and oxygen atoms in total. The summed E-state index contributed by atoms with van der Waals surface area (Å²) >= 11 is 5.70. The van der Waals surface area contributed by atoms with Gasteiger partial charge in [-0.1, -0.05) is 18.5 Å². The zero-order valence-electron chi connectivity index (χ0n) is 6.55. The fraction of sp³-hybridized carbons (Fsp3) is 0.800. The normalized spacial score (nSPS) is 22.0. The molecule has 0 aromatic rings. The molecule has 0 aliphatic carbocycles. The first kappa shape index (κ1) is 9.05. The SMILES string of the molecule is CCCN1N=CN([N+](=O)[O-])C1Cl. The first-order valence-electron chi connectivity index (χ1n) is 3.54. The van der Waals surface area contributed by atoms with E-state index < -0.39 is 10.7 Å². The maximum Gasteiger partial charge on any atom is 0.257 e. The van der Waals surface area contributed by atoms with Gasteiger partial charge in [-0.05, 0) is 11.4 Å². The molecule has 1 aliphatic heterocycles. The van der Waals surface area contributed by atoms with Gasteiger partial charge >= 0.3 is 0 Å². The summed E-state index contributed by atoms with van der Waals surface area (Å²) in [4.78, 5) is 10.3. The first-order valence-corrected chi connectivity index (χ1v) is 3.98. The molecular formula is C5H9ClN4O2. The van der Waals surface area contributed by atoms with Crippen LogP contribution in [0.5, 0.6) is 0 Å². The second-order valence-corrected chi connectivity index (χ2v) is 2.71. The molecule has 68 valence electrons. The molecule has 7 heteroatoms. The first-order chi connectivity index (χ1) is 5.66. The van der Waals surface area contributed by atoms with E-state index in [-0.39, 0.29) is 0 Å². The lowest BCUT2D eigenvalue weighted by Gasteiger charge is -2.17. The molecule has 0 N–H and O–H groups in total. The number of hydrogen-bond donors (Lipinski definition) is 0. The Morgan fingerprint density at radius 1 is 1.83 bits per heavy atom. The summed E-state index contributed by atoms with van der Waals surface area (Å²) in [7, 11) is 0. The van der Waals surface area contributed by atoms with Crippen LogP contribution in [-0.2, 0) is 0 Å². The van der Waals surface area contributed by atoms with Crippen LogP contribution >= 0.6 is 11.6 Å². The highest BCUT2D eigenvalue weighted by Crippen LogP contribution is 2.15. The third-order valence-electron chi connectivity index (χ3n) is 1.42. The molecule has 0 spiro atoms. The van der Waals surface area contributed by atoms with Gasteiger partial charge in [-0.2, -0.15) is 5.10 Å².